The highest BCUT2D eigenvalue weighted by atomic mass is 19.4. The minimum absolute atomic E-state index is 0.411. The minimum Gasteiger partial charge on any atom is -0.497 e. The first kappa shape index (κ1) is 21.2. The lowest BCUT2D eigenvalue weighted by Crippen LogP contribution is -2.30. The SMILES string of the molecule is COc1ccc(N(C)C(=O)CO/C(F)=C(\c2ccc(F)cc2)C(F)(F)F)cc1. The molecule has 0 aliphatic rings. The summed E-state index contributed by atoms with van der Waals surface area (Å²) >= 11 is 0. The zero-order valence-electron chi connectivity index (χ0n) is 14.9. The van der Waals surface area contributed by atoms with Crippen LogP contribution in [-0.4, -0.2) is 32.8 Å². The highest BCUT2D eigenvalue weighted by molar-refractivity contribution is 5.93. The summed E-state index contributed by atoms with van der Waals surface area (Å²) in [7, 11) is 2.83. The fourth-order valence-corrected chi connectivity index (χ4v) is 2.25. The first-order chi connectivity index (χ1) is 13.1. The molecule has 0 bridgehead atoms. The van der Waals surface area contributed by atoms with Gasteiger partial charge < -0.3 is 14.4 Å². The molecule has 0 saturated carbocycles. The highest BCUT2D eigenvalue weighted by Gasteiger charge is 2.39. The lowest BCUT2D eigenvalue weighted by Gasteiger charge is -2.18. The number of hydrogen-bond acceptors (Lipinski definition) is 3. The summed E-state index contributed by atoms with van der Waals surface area (Å²) in [5.74, 6) is -1.01. The van der Waals surface area contributed by atoms with Crippen molar-refractivity contribution < 1.29 is 36.2 Å². The van der Waals surface area contributed by atoms with Gasteiger partial charge in [0.05, 0.1) is 7.11 Å². The maximum Gasteiger partial charge on any atom is 0.422 e. The molecule has 2 rings (SSSR count). The number of alkyl halides is 3. The van der Waals surface area contributed by atoms with Crippen molar-refractivity contribution in [3.63, 3.8) is 0 Å². The van der Waals surface area contributed by atoms with Gasteiger partial charge in [-0.1, -0.05) is 12.1 Å². The summed E-state index contributed by atoms with van der Waals surface area (Å²) in [4.78, 5) is 13.2. The van der Waals surface area contributed by atoms with Crippen LogP contribution in [0.3, 0.4) is 0 Å². The first-order valence-electron chi connectivity index (χ1n) is 7.89. The largest absolute Gasteiger partial charge is 0.497 e. The standard InChI is InChI=1S/C19H16F5NO3/c1-25(14-7-9-15(27-2)10-8-14)16(26)11-28-18(21)17(19(22,23)24)12-3-5-13(20)6-4-12/h3-10H,11H2,1-2H3/b18-17+. The third-order valence-electron chi connectivity index (χ3n) is 3.77. The molecule has 0 aliphatic heterocycles. The Balaban J connectivity index is 2.16. The topological polar surface area (TPSA) is 38.8 Å². The Labute approximate surface area is 157 Å². The maximum atomic E-state index is 14.1. The summed E-state index contributed by atoms with van der Waals surface area (Å²) in [6.07, 6.45) is -5.10. The zero-order chi connectivity index (χ0) is 20.9. The summed E-state index contributed by atoms with van der Waals surface area (Å²) in [5.41, 5.74) is -1.94. The molecule has 0 spiro atoms. The van der Waals surface area contributed by atoms with Gasteiger partial charge in [-0.05, 0) is 42.0 Å². The molecule has 0 saturated heterocycles. The highest BCUT2D eigenvalue weighted by Crippen LogP contribution is 2.37. The fourth-order valence-electron chi connectivity index (χ4n) is 2.25. The van der Waals surface area contributed by atoms with Crippen LogP contribution in [0.5, 0.6) is 5.75 Å². The summed E-state index contributed by atoms with van der Waals surface area (Å²) < 4.78 is 76.1. The number of rotatable bonds is 6. The second-order valence-electron chi connectivity index (χ2n) is 5.59. The van der Waals surface area contributed by atoms with Crippen molar-refractivity contribution in [1.29, 1.82) is 0 Å². The molecule has 0 unspecified atom stereocenters. The molecular weight excluding hydrogens is 385 g/mol. The molecule has 150 valence electrons. The predicted molar refractivity (Wildman–Crippen MR) is 92.8 cm³/mol. The van der Waals surface area contributed by atoms with E-state index in [4.69, 9.17) is 4.74 Å². The second kappa shape index (κ2) is 8.73. The number of ether oxygens (including phenoxy) is 2. The normalized spacial score (nSPS) is 12.2. The average molecular weight is 401 g/mol. The van der Waals surface area contributed by atoms with Gasteiger partial charge in [0, 0.05) is 12.7 Å². The van der Waals surface area contributed by atoms with Gasteiger partial charge in [0.1, 0.15) is 17.1 Å². The summed E-state index contributed by atoms with van der Waals surface area (Å²) in [6.45, 7) is -0.963. The van der Waals surface area contributed by atoms with Crippen LogP contribution in [0.2, 0.25) is 0 Å². The van der Waals surface area contributed by atoms with E-state index in [1.807, 2.05) is 0 Å². The summed E-state index contributed by atoms with van der Waals surface area (Å²) in [5, 5.41) is 0. The lowest BCUT2D eigenvalue weighted by atomic mass is 10.1. The molecule has 1 amide bonds. The number of benzene rings is 2. The Bertz CT molecular complexity index is 845. The number of anilines is 1. The van der Waals surface area contributed by atoms with Crippen molar-refractivity contribution in [3.8, 4) is 5.75 Å². The molecule has 0 aliphatic carbocycles. The van der Waals surface area contributed by atoms with Crippen molar-refractivity contribution in [2.45, 2.75) is 6.18 Å². The van der Waals surface area contributed by atoms with Crippen LogP contribution >= 0.6 is 0 Å². The van der Waals surface area contributed by atoms with Crippen LogP contribution in [0.25, 0.3) is 5.57 Å². The predicted octanol–water partition coefficient (Wildman–Crippen LogP) is 4.71. The minimum atomic E-state index is -5.10. The molecule has 0 heterocycles. The Hall–Kier alpha value is -3.10. The van der Waals surface area contributed by atoms with E-state index < -0.39 is 41.7 Å². The number of carbonyl (C=O) groups excluding carboxylic acids is 1. The van der Waals surface area contributed by atoms with Crippen LogP contribution in [0.1, 0.15) is 5.56 Å². The van der Waals surface area contributed by atoms with Gasteiger partial charge in [-0.15, -0.1) is 0 Å². The Morgan fingerprint density at radius 3 is 2.11 bits per heavy atom. The number of allylic oxidation sites excluding steroid dienone is 1. The number of hydrogen-bond donors (Lipinski definition) is 0. The van der Waals surface area contributed by atoms with Crippen molar-refractivity contribution in [3.05, 3.63) is 65.9 Å². The molecule has 2 aromatic carbocycles. The van der Waals surface area contributed by atoms with Crippen LogP contribution in [0.4, 0.5) is 27.6 Å². The van der Waals surface area contributed by atoms with E-state index in [1.54, 1.807) is 24.3 Å². The quantitative estimate of drug-likeness (QED) is 0.520. The molecular formula is C19H16F5NO3. The number of methoxy groups -OCH3 is 1. The van der Waals surface area contributed by atoms with Gasteiger partial charge in [-0.2, -0.15) is 17.6 Å². The number of likely N-dealkylation sites (N-methyl/N-ethyl adjacent to an activating group) is 1. The van der Waals surface area contributed by atoms with Gasteiger partial charge in [-0.3, -0.25) is 4.79 Å². The third kappa shape index (κ3) is 5.21. The zero-order valence-corrected chi connectivity index (χ0v) is 14.9. The van der Waals surface area contributed by atoms with Crippen LogP contribution < -0.4 is 9.64 Å². The molecule has 0 radical (unpaired) electrons. The van der Waals surface area contributed by atoms with E-state index in [1.165, 1.54) is 14.2 Å². The van der Waals surface area contributed by atoms with Gasteiger partial charge in [0.15, 0.2) is 6.61 Å². The number of halogens is 5. The monoisotopic (exact) mass is 401 g/mol. The average Bonchev–Trinajstić information content (AvgIpc) is 2.66. The maximum absolute atomic E-state index is 14.1. The van der Waals surface area contributed by atoms with Crippen LogP contribution in [0.15, 0.2) is 54.5 Å². The van der Waals surface area contributed by atoms with Crippen molar-refractivity contribution in [2.75, 3.05) is 25.7 Å². The molecule has 0 N–H and O–H groups in total. The van der Waals surface area contributed by atoms with Gasteiger partial charge >= 0.3 is 6.18 Å². The molecule has 9 heteroatoms. The van der Waals surface area contributed by atoms with Crippen LogP contribution in [-0.2, 0) is 9.53 Å². The Kier molecular flexibility index (Phi) is 6.61. The fraction of sp³-hybridized carbons (Fsp3) is 0.211. The Morgan fingerprint density at radius 2 is 1.61 bits per heavy atom. The third-order valence-corrected chi connectivity index (χ3v) is 3.77. The molecule has 0 fully saturated rings. The van der Waals surface area contributed by atoms with Crippen molar-refractivity contribution >= 4 is 17.2 Å². The molecule has 0 atom stereocenters. The van der Waals surface area contributed by atoms with Gasteiger partial charge in [0.2, 0.25) is 0 Å². The molecule has 28 heavy (non-hydrogen) atoms. The molecule has 0 aromatic heterocycles. The first-order valence-corrected chi connectivity index (χ1v) is 7.89. The van der Waals surface area contributed by atoms with E-state index in [9.17, 15) is 26.7 Å². The molecule has 2 aromatic rings. The van der Waals surface area contributed by atoms with Crippen molar-refractivity contribution in [2.24, 2.45) is 0 Å². The van der Waals surface area contributed by atoms with E-state index in [0.29, 0.717) is 11.4 Å². The smallest absolute Gasteiger partial charge is 0.422 e. The van der Waals surface area contributed by atoms with E-state index in [0.717, 1.165) is 29.2 Å². The molecule has 4 nitrogen and oxygen atoms in total. The number of nitrogens with zero attached hydrogens (tertiary/aromatic N) is 1. The van der Waals surface area contributed by atoms with Crippen molar-refractivity contribution in [1.82, 2.24) is 0 Å². The van der Waals surface area contributed by atoms with E-state index in [2.05, 4.69) is 4.74 Å². The number of amides is 1. The van der Waals surface area contributed by atoms with Crippen LogP contribution in [0, 0.1) is 5.82 Å². The Morgan fingerprint density at radius 1 is 1.04 bits per heavy atom. The van der Waals surface area contributed by atoms with Gasteiger partial charge in [0.25, 0.3) is 11.9 Å². The number of carbonyl (C=O) groups is 1. The van der Waals surface area contributed by atoms with E-state index in [-0.39, 0.29) is 0 Å². The lowest BCUT2D eigenvalue weighted by molar-refractivity contribution is -0.122. The van der Waals surface area contributed by atoms with E-state index >= 15 is 0 Å². The second-order valence-corrected chi connectivity index (χ2v) is 5.59. The summed E-state index contributed by atoms with van der Waals surface area (Å²) in [6, 6.07) is 7.33. The van der Waals surface area contributed by atoms with Gasteiger partial charge in [-0.25, -0.2) is 4.39 Å².